The zero-order chi connectivity index (χ0) is 12.3. The van der Waals surface area contributed by atoms with Crippen molar-refractivity contribution in [3.05, 3.63) is 34.3 Å². The summed E-state index contributed by atoms with van der Waals surface area (Å²) in [4.78, 5) is 0. The minimum absolute atomic E-state index is 0.258. The SMILES string of the molecule is Cc1cc(C(CC2CCCC2)NN)ccc1Cl. The standard InChI is InChI=1S/C14H21ClN2/c1-10-8-12(6-7-13(10)15)14(17-16)9-11-4-2-3-5-11/h6-8,11,14,17H,2-5,9,16H2,1H3. The zero-order valence-corrected chi connectivity index (χ0v) is 11.1. The molecule has 0 spiro atoms. The second-order valence-corrected chi connectivity index (χ2v) is 5.52. The second-order valence-electron chi connectivity index (χ2n) is 5.11. The van der Waals surface area contributed by atoms with Gasteiger partial charge in [-0.15, -0.1) is 0 Å². The van der Waals surface area contributed by atoms with Crippen molar-refractivity contribution in [2.75, 3.05) is 0 Å². The lowest BCUT2D eigenvalue weighted by Gasteiger charge is -2.20. The van der Waals surface area contributed by atoms with Crippen LogP contribution in [0.1, 0.15) is 49.3 Å². The third kappa shape index (κ3) is 3.21. The molecule has 94 valence electrons. The van der Waals surface area contributed by atoms with Crippen LogP contribution in [0.3, 0.4) is 0 Å². The predicted octanol–water partition coefficient (Wildman–Crippen LogP) is 3.73. The summed E-state index contributed by atoms with van der Waals surface area (Å²) in [6.45, 7) is 2.04. The molecule has 3 heteroatoms. The fourth-order valence-corrected chi connectivity index (χ4v) is 2.88. The van der Waals surface area contributed by atoms with Gasteiger partial charge in [0.15, 0.2) is 0 Å². The van der Waals surface area contributed by atoms with Gasteiger partial charge < -0.3 is 0 Å². The van der Waals surface area contributed by atoms with Crippen LogP contribution in [0.25, 0.3) is 0 Å². The summed E-state index contributed by atoms with van der Waals surface area (Å²) < 4.78 is 0. The molecule has 0 amide bonds. The summed E-state index contributed by atoms with van der Waals surface area (Å²) >= 11 is 6.05. The molecular formula is C14H21ClN2. The van der Waals surface area contributed by atoms with E-state index in [0.717, 1.165) is 22.9 Å². The molecule has 1 unspecified atom stereocenters. The van der Waals surface area contributed by atoms with Crippen LogP contribution in [0.2, 0.25) is 5.02 Å². The normalized spacial score (nSPS) is 18.5. The number of nitrogens with one attached hydrogen (secondary N) is 1. The van der Waals surface area contributed by atoms with Gasteiger partial charge >= 0.3 is 0 Å². The van der Waals surface area contributed by atoms with Crippen LogP contribution in [-0.2, 0) is 0 Å². The Morgan fingerprint density at radius 2 is 2.12 bits per heavy atom. The third-order valence-electron chi connectivity index (χ3n) is 3.83. The van der Waals surface area contributed by atoms with E-state index < -0.39 is 0 Å². The van der Waals surface area contributed by atoms with Gasteiger partial charge in [-0.25, -0.2) is 0 Å². The van der Waals surface area contributed by atoms with Crippen molar-refractivity contribution in [1.29, 1.82) is 0 Å². The summed E-state index contributed by atoms with van der Waals surface area (Å²) in [5, 5.41) is 0.824. The first-order chi connectivity index (χ1) is 8.20. The van der Waals surface area contributed by atoms with Crippen molar-refractivity contribution >= 4 is 11.6 Å². The van der Waals surface area contributed by atoms with Crippen LogP contribution in [0.5, 0.6) is 0 Å². The van der Waals surface area contributed by atoms with Gasteiger partial charge in [0.25, 0.3) is 0 Å². The highest BCUT2D eigenvalue weighted by atomic mass is 35.5. The molecule has 0 bridgehead atoms. The Morgan fingerprint density at radius 1 is 1.41 bits per heavy atom. The second kappa shape index (κ2) is 5.85. The first kappa shape index (κ1) is 12.9. The largest absolute Gasteiger partial charge is 0.271 e. The Hall–Kier alpha value is -0.570. The molecule has 1 aromatic rings. The summed E-state index contributed by atoms with van der Waals surface area (Å²) in [5.74, 6) is 6.51. The summed E-state index contributed by atoms with van der Waals surface area (Å²) in [7, 11) is 0. The van der Waals surface area contributed by atoms with Crippen LogP contribution in [0.15, 0.2) is 18.2 Å². The molecule has 0 aromatic heterocycles. The molecule has 1 atom stereocenters. The Bertz CT molecular complexity index is 372. The van der Waals surface area contributed by atoms with Crippen LogP contribution in [-0.4, -0.2) is 0 Å². The van der Waals surface area contributed by atoms with Gasteiger partial charge in [-0.3, -0.25) is 11.3 Å². The molecule has 0 heterocycles. The van der Waals surface area contributed by atoms with Crippen molar-refractivity contribution in [1.82, 2.24) is 5.43 Å². The Labute approximate surface area is 109 Å². The minimum Gasteiger partial charge on any atom is -0.271 e. The highest BCUT2D eigenvalue weighted by Crippen LogP contribution is 2.33. The maximum atomic E-state index is 6.05. The van der Waals surface area contributed by atoms with Crippen molar-refractivity contribution in [3.63, 3.8) is 0 Å². The number of benzene rings is 1. The molecule has 2 rings (SSSR count). The summed E-state index contributed by atoms with van der Waals surface area (Å²) in [5.41, 5.74) is 5.32. The Morgan fingerprint density at radius 3 is 2.71 bits per heavy atom. The lowest BCUT2D eigenvalue weighted by atomic mass is 9.93. The van der Waals surface area contributed by atoms with E-state index in [1.54, 1.807) is 0 Å². The van der Waals surface area contributed by atoms with Crippen molar-refractivity contribution in [2.45, 2.75) is 45.1 Å². The predicted molar refractivity (Wildman–Crippen MR) is 72.8 cm³/mol. The van der Waals surface area contributed by atoms with Crippen molar-refractivity contribution in [2.24, 2.45) is 11.8 Å². The number of rotatable bonds is 4. The number of halogens is 1. The van der Waals surface area contributed by atoms with Crippen LogP contribution in [0.4, 0.5) is 0 Å². The average molecular weight is 253 g/mol. The van der Waals surface area contributed by atoms with Gasteiger partial charge in [0, 0.05) is 11.1 Å². The van der Waals surface area contributed by atoms with E-state index in [-0.39, 0.29) is 6.04 Å². The Kier molecular flexibility index (Phi) is 4.43. The Balaban J connectivity index is 2.08. The molecule has 1 saturated carbocycles. The van der Waals surface area contributed by atoms with Crippen LogP contribution in [0, 0.1) is 12.8 Å². The quantitative estimate of drug-likeness (QED) is 0.633. The van der Waals surface area contributed by atoms with Gasteiger partial charge in [-0.1, -0.05) is 49.4 Å². The molecule has 1 aliphatic carbocycles. The van der Waals surface area contributed by atoms with E-state index in [4.69, 9.17) is 17.4 Å². The van der Waals surface area contributed by atoms with Crippen LogP contribution >= 0.6 is 11.6 Å². The number of hydrogen-bond acceptors (Lipinski definition) is 2. The first-order valence-corrected chi connectivity index (χ1v) is 6.80. The fourth-order valence-electron chi connectivity index (χ4n) is 2.76. The maximum Gasteiger partial charge on any atom is 0.0462 e. The van der Waals surface area contributed by atoms with E-state index in [1.807, 2.05) is 13.0 Å². The highest BCUT2D eigenvalue weighted by molar-refractivity contribution is 6.31. The molecule has 3 N–H and O–H groups in total. The number of hydrazine groups is 1. The van der Waals surface area contributed by atoms with Gasteiger partial charge in [-0.2, -0.15) is 0 Å². The van der Waals surface area contributed by atoms with E-state index in [1.165, 1.54) is 31.2 Å². The van der Waals surface area contributed by atoms with Gasteiger partial charge in [0.1, 0.15) is 0 Å². The molecule has 0 saturated heterocycles. The molecule has 1 aliphatic rings. The first-order valence-electron chi connectivity index (χ1n) is 6.43. The zero-order valence-electron chi connectivity index (χ0n) is 10.4. The summed E-state index contributed by atoms with van der Waals surface area (Å²) in [6, 6.07) is 6.44. The molecule has 0 aliphatic heterocycles. The molecule has 0 radical (unpaired) electrons. The molecule has 2 nitrogen and oxygen atoms in total. The highest BCUT2D eigenvalue weighted by Gasteiger charge is 2.20. The van der Waals surface area contributed by atoms with Crippen LogP contribution < -0.4 is 11.3 Å². The topological polar surface area (TPSA) is 38.0 Å². The van der Waals surface area contributed by atoms with E-state index in [9.17, 15) is 0 Å². The van der Waals surface area contributed by atoms with Crippen molar-refractivity contribution < 1.29 is 0 Å². The number of hydrogen-bond donors (Lipinski definition) is 2. The average Bonchev–Trinajstić information content (AvgIpc) is 2.82. The lowest BCUT2D eigenvalue weighted by molar-refractivity contribution is 0.400. The summed E-state index contributed by atoms with van der Waals surface area (Å²) in [6.07, 6.45) is 6.59. The van der Waals surface area contributed by atoms with Gasteiger partial charge in [-0.05, 0) is 36.5 Å². The maximum absolute atomic E-state index is 6.05. The van der Waals surface area contributed by atoms with Crippen molar-refractivity contribution in [3.8, 4) is 0 Å². The third-order valence-corrected chi connectivity index (χ3v) is 4.25. The fraction of sp³-hybridized carbons (Fsp3) is 0.571. The van der Waals surface area contributed by atoms with Gasteiger partial charge in [0.2, 0.25) is 0 Å². The number of aryl methyl sites for hydroxylation is 1. The molecule has 17 heavy (non-hydrogen) atoms. The van der Waals surface area contributed by atoms with E-state index in [2.05, 4.69) is 17.6 Å². The monoisotopic (exact) mass is 252 g/mol. The molecule has 1 aromatic carbocycles. The minimum atomic E-state index is 0.258. The smallest absolute Gasteiger partial charge is 0.0462 e. The lowest BCUT2D eigenvalue weighted by Crippen LogP contribution is -2.29. The number of nitrogens with two attached hydrogens (primary N) is 1. The molecular weight excluding hydrogens is 232 g/mol. The molecule has 1 fully saturated rings. The van der Waals surface area contributed by atoms with E-state index in [0.29, 0.717) is 0 Å². The van der Waals surface area contributed by atoms with E-state index >= 15 is 0 Å². The van der Waals surface area contributed by atoms with Gasteiger partial charge in [0.05, 0.1) is 0 Å².